The van der Waals surface area contributed by atoms with Crippen LogP contribution in [0, 0.1) is 5.92 Å². The molecule has 0 bridgehead atoms. The molecular formula is C15H22BrClN2. The third-order valence-electron chi connectivity index (χ3n) is 4.05. The van der Waals surface area contributed by atoms with Crippen molar-refractivity contribution in [2.24, 2.45) is 11.7 Å². The van der Waals surface area contributed by atoms with Crippen LogP contribution >= 0.6 is 27.5 Å². The summed E-state index contributed by atoms with van der Waals surface area (Å²) in [6.07, 6.45) is 2.52. The number of halogens is 2. The van der Waals surface area contributed by atoms with Gasteiger partial charge in [-0.2, -0.15) is 0 Å². The van der Waals surface area contributed by atoms with E-state index in [9.17, 15) is 0 Å². The Kier molecular flexibility index (Phi) is 5.29. The Morgan fingerprint density at radius 3 is 2.84 bits per heavy atom. The Balaban J connectivity index is 2.31. The van der Waals surface area contributed by atoms with Crippen LogP contribution < -0.4 is 5.73 Å². The number of nitrogens with zero attached hydrogens (tertiary/aromatic N) is 1. The number of nitrogens with two attached hydrogens (primary N) is 1. The molecule has 1 heterocycles. The van der Waals surface area contributed by atoms with Crippen LogP contribution in [0.4, 0.5) is 0 Å². The van der Waals surface area contributed by atoms with Crippen molar-refractivity contribution >= 4 is 27.5 Å². The zero-order valence-corrected chi connectivity index (χ0v) is 13.9. The summed E-state index contributed by atoms with van der Waals surface area (Å²) in [6.45, 7) is 6.31. The largest absolute Gasteiger partial charge is 0.329 e. The number of hydrogen-bond acceptors (Lipinski definition) is 2. The summed E-state index contributed by atoms with van der Waals surface area (Å²) >= 11 is 9.90. The summed E-state index contributed by atoms with van der Waals surface area (Å²) in [5, 5.41) is 0.813. The number of hydrogen-bond donors (Lipinski definition) is 1. The Morgan fingerprint density at radius 2 is 2.21 bits per heavy atom. The molecule has 1 saturated heterocycles. The normalized spacial score (nSPS) is 22.1. The van der Waals surface area contributed by atoms with Gasteiger partial charge >= 0.3 is 0 Å². The highest BCUT2D eigenvalue weighted by atomic mass is 79.9. The molecule has 0 saturated carbocycles. The van der Waals surface area contributed by atoms with Gasteiger partial charge in [-0.3, -0.25) is 4.90 Å². The molecular weight excluding hydrogens is 324 g/mol. The Bertz CT molecular complexity index is 436. The molecule has 2 atom stereocenters. The molecule has 0 aliphatic carbocycles. The summed E-state index contributed by atoms with van der Waals surface area (Å²) in [5.41, 5.74) is 7.19. The van der Waals surface area contributed by atoms with E-state index in [4.69, 9.17) is 17.3 Å². The minimum atomic E-state index is 0.222. The smallest absolute Gasteiger partial charge is 0.0488 e. The van der Waals surface area contributed by atoms with Crippen LogP contribution in [0.15, 0.2) is 22.7 Å². The lowest BCUT2D eigenvalue weighted by atomic mass is 9.98. The summed E-state index contributed by atoms with van der Waals surface area (Å²) in [7, 11) is 0. The standard InChI is InChI=1S/C15H22BrClN2/c1-10(2)14-4-3-7-19(14)15(9-18)12-8-11(16)5-6-13(12)17/h5-6,8,10,14-15H,3-4,7,9,18H2,1-2H3. The van der Waals surface area contributed by atoms with Gasteiger partial charge in [0.25, 0.3) is 0 Å². The maximum absolute atomic E-state index is 6.37. The lowest BCUT2D eigenvalue weighted by Crippen LogP contribution is -2.40. The van der Waals surface area contributed by atoms with Crippen LogP contribution in [0.5, 0.6) is 0 Å². The molecule has 0 amide bonds. The molecule has 1 aromatic carbocycles. The molecule has 2 unspecified atom stereocenters. The SMILES string of the molecule is CC(C)C1CCCN1C(CN)c1cc(Br)ccc1Cl. The van der Waals surface area contributed by atoms with E-state index in [2.05, 4.69) is 40.7 Å². The summed E-state index contributed by atoms with van der Waals surface area (Å²) in [4.78, 5) is 2.54. The van der Waals surface area contributed by atoms with E-state index in [1.807, 2.05) is 12.1 Å². The van der Waals surface area contributed by atoms with E-state index in [-0.39, 0.29) is 6.04 Å². The Morgan fingerprint density at radius 1 is 1.47 bits per heavy atom. The third kappa shape index (κ3) is 3.33. The first-order valence-corrected chi connectivity index (χ1v) is 8.12. The highest BCUT2D eigenvalue weighted by molar-refractivity contribution is 9.10. The van der Waals surface area contributed by atoms with Crippen molar-refractivity contribution < 1.29 is 0 Å². The topological polar surface area (TPSA) is 29.3 Å². The lowest BCUT2D eigenvalue weighted by molar-refractivity contribution is 0.149. The number of likely N-dealkylation sites (tertiary alicyclic amines) is 1. The summed E-state index contributed by atoms with van der Waals surface area (Å²) in [6, 6.07) is 6.87. The predicted octanol–water partition coefficient (Wildman–Crippen LogP) is 4.22. The van der Waals surface area contributed by atoms with Crippen LogP contribution in [0.1, 0.15) is 38.3 Å². The average Bonchev–Trinajstić information content (AvgIpc) is 2.84. The molecule has 2 rings (SSSR count). The highest BCUT2D eigenvalue weighted by Crippen LogP contribution is 2.36. The zero-order valence-electron chi connectivity index (χ0n) is 11.6. The summed E-state index contributed by atoms with van der Waals surface area (Å²) in [5.74, 6) is 0.655. The molecule has 1 aliphatic heterocycles. The van der Waals surface area contributed by atoms with Crippen molar-refractivity contribution in [1.29, 1.82) is 0 Å². The average molecular weight is 346 g/mol. The van der Waals surface area contributed by atoms with Gasteiger partial charge in [0.2, 0.25) is 0 Å². The fourth-order valence-electron chi connectivity index (χ4n) is 3.13. The zero-order chi connectivity index (χ0) is 14.0. The second kappa shape index (κ2) is 6.57. The van der Waals surface area contributed by atoms with Gasteiger partial charge in [-0.05, 0) is 49.1 Å². The molecule has 1 fully saturated rings. The van der Waals surface area contributed by atoms with Crippen molar-refractivity contribution in [3.05, 3.63) is 33.3 Å². The second-order valence-electron chi connectivity index (χ2n) is 5.61. The van der Waals surface area contributed by atoms with E-state index in [1.165, 1.54) is 12.8 Å². The van der Waals surface area contributed by atoms with Crippen LogP contribution in [0.25, 0.3) is 0 Å². The minimum Gasteiger partial charge on any atom is -0.329 e. The molecule has 106 valence electrons. The van der Waals surface area contributed by atoms with Crippen LogP contribution in [-0.2, 0) is 0 Å². The molecule has 2 N–H and O–H groups in total. The van der Waals surface area contributed by atoms with E-state index >= 15 is 0 Å². The third-order valence-corrected chi connectivity index (χ3v) is 4.89. The van der Waals surface area contributed by atoms with Gasteiger partial charge in [0.05, 0.1) is 0 Å². The van der Waals surface area contributed by atoms with Crippen LogP contribution in [-0.4, -0.2) is 24.0 Å². The van der Waals surface area contributed by atoms with E-state index in [0.717, 1.165) is 21.6 Å². The number of benzene rings is 1. The molecule has 1 aromatic rings. The van der Waals surface area contributed by atoms with Crippen molar-refractivity contribution in [3.8, 4) is 0 Å². The maximum atomic E-state index is 6.37. The fraction of sp³-hybridized carbons (Fsp3) is 0.600. The Hall–Kier alpha value is -0.0900. The molecule has 0 spiro atoms. The molecule has 0 aromatic heterocycles. The minimum absolute atomic E-state index is 0.222. The van der Waals surface area contributed by atoms with Gasteiger partial charge in [-0.25, -0.2) is 0 Å². The van der Waals surface area contributed by atoms with Gasteiger partial charge in [-0.1, -0.05) is 41.4 Å². The van der Waals surface area contributed by atoms with E-state index < -0.39 is 0 Å². The van der Waals surface area contributed by atoms with Crippen molar-refractivity contribution in [3.63, 3.8) is 0 Å². The highest BCUT2D eigenvalue weighted by Gasteiger charge is 2.33. The first kappa shape index (κ1) is 15.3. The van der Waals surface area contributed by atoms with Crippen molar-refractivity contribution in [2.45, 2.75) is 38.8 Å². The van der Waals surface area contributed by atoms with Gasteiger partial charge in [0, 0.05) is 28.1 Å². The second-order valence-corrected chi connectivity index (χ2v) is 6.93. The maximum Gasteiger partial charge on any atom is 0.0488 e. The summed E-state index contributed by atoms with van der Waals surface area (Å²) < 4.78 is 1.06. The Labute approximate surface area is 129 Å². The first-order chi connectivity index (χ1) is 9.04. The first-order valence-electron chi connectivity index (χ1n) is 6.95. The number of rotatable bonds is 4. The van der Waals surface area contributed by atoms with Crippen LogP contribution in [0.3, 0.4) is 0 Å². The lowest BCUT2D eigenvalue weighted by Gasteiger charge is -2.35. The molecule has 1 aliphatic rings. The molecule has 4 heteroatoms. The molecule has 19 heavy (non-hydrogen) atoms. The van der Waals surface area contributed by atoms with Gasteiger partial charge in [0.15, 0.2) is 0 Å². The van der Waals surface area contributed by atoms with Crippen molar-refractivity contribution in [2.75, 3.05) is 13.1 Å². The quantitative estimate of drug-likeness (QED) is 0.885. The predicted molar refractivity (Wildman–Crippen MR) is 85.5 cm³/mol. The monoisotopic (exact) mass is 344 g/mol. The fourth-order valence-corrected chi connectivity index (χ4v) is 3.75. The van der Waals surface area contributed by atoms with Gasteiger partial charge in [0.1, 0.15) is 0 Å². The molecule has 2 nitrogen and oxygen atoms in total. The van der Waals surface area contributed by atoms with Crippen molar-refractivity contribution in [1.82, 2.24) is 4.90 Å². The van der Waals surface area contributed by atoms with E-state index in [1.54, 1.807) is 0 Å². The van der Waals surface area contributed by atoms with E-state index in [0.29, 0.717) is 18.5 Å². The molecule has 0 radical (unpaired) electrons. The van der Waals surface area contributed by atoms with Gasteiger partial charge < -0.3 is 5.73 Å². The van der Waals surface area contributed by atoms with Crippen LogP contribution in [0.2, 0.25) is 5.02 Å². The van der Waals surface area contributed by atoms with Gasteiger partial charge in [-0.15, -0.1) is 0 Å².